The molecule has 0 radical (unpaired) electrons. The topological polar surface area (TPSA) is 69.6 Å². The molecular weight excluding hydrogens is 336 g/mol. The molecule has 1 aromatic rings. The minimum Gasteiger partial charge on any atom is -0.478 e. The number of hydrogen-bond acceptors (Lipinski definition) is 3. The normalized spacial score (nSPS) is 25.2. The van der Waals surface area contributed by atoms with Crippen LogP contribution in [-0.4, -0.2) is 36.1 Å². The van der Waals surface area contributed by atoms with E-state index in [-0.39, 0.29) is 11.9 Å². The van der Waals surface area contributed by atoms with E-state index in [9.17, 15) is 14.7 Å². The van der Waals surface area contributed by atoms with Crippen molar-refractivity contribution in [2.75, 3.05) is 18.0 Å². The fraction of sp³-hybridized carbons (Fsp3) is 0.467. The van der Waals surface area contributed by atoms with Crippen molar-refractivity contribution in [1.29, 1.82) is 0 Å². The number of rotatable bonds is 2. The van der Waals surface area contributed by atoms with E-state index >= 15 is 0 Å². The number of nitrogens with one attached hydrogen (secondary N) is 1. The summed E-state index contributed by atoms with van der Waals surface area (Å²) in [6.45, 7) is 1.57. The van der Waals surface area contributed by atoms with Crippen molar-refractivity contribution >= 4 is 33.5 Å². The Balaban J connectivity index is 1.82. The van der Waals surface area contributed by atoms with E-state index in [2.05, 4.69) is 26.1 Å². The molecule has 0 aromatic heterocycles. The molecule has 3 rings (SSSR count). The molecular formula is C15H17BrN2O3. The molecule has 0 spiro atoms. The Hall–Kier alpha value is -1.56. The fourth-order valence-electron chi connectivity index (χ4n) is 3.28. The number of hydrogen-bond donors (Lipinski definition) is 2. The van der Waals surface area contributed by atoms with Crippen LogP contribution in [0.2, 0.25) is 0 Å². The smallest absolute Gasteiger partial charge is 0.337 e. The van der Waals surface area contributed by atoms with Crippen molar-refractivity contribution in [2.24, 2.45) is 5.92 Å². The number of piperidine rings is 2. The van der Waals surface area contributed by atoms with Crippen molar-refractivity contribution in [3.63, 3.8) is 0 Å². The minimum absolute atomic E-state index is 0.138. The fourth-order valence-corrected chi connectivity index (χ4v) is 3.65. The molecule has 5 nitrogen and oxygen atoms in total. The Kier molecular flexibility index (Phi) is 3.89. The number of carboxylic acid groups (broad SMARTS) is 1. The highest BCUT2D eigenvalue weighted by atomic mass is 79.9. The van der Waals surface area contributed by atoms with Crippen LogP contribution in [0.25, 0.3) is 0 Å². The van der Waals surface area contributed by atoms with Gasteiger partial charge in [0, 0.05) is 30.0 Å². The van der Waals surface area contributed by atoms with Crippen LogP contribution < -0.4 is 10.2 Å². The number of carboxylic acids is 1. The van der Waals surface area contributed by atoms with Crippen LogP contribution in [0.15, 0.2) is 22.7 Å². The van der Waals surface area contributed by atoms with Crippen molar-refractivity contribution in [3.05, 3.63) is 28.2 Å². The summed E-state index contributed by atoms with van der Waals surface area (Å²) in [6.07, 6.45) is 2.32. The first-order valence-corrected chi connectivity index (χ1v) is 7.91. The second-order valence-corrected chi connectivity index (χ2v) is 6.59. The van der Waals surface area contributed by atoms with Gasteiger partial charge in [0.05, 0.1) is 11.3 Å². The molecule has 112 valence electrons. The number of carbonyl (C=O) groups is 2. The maximum atomic E-state index is 11.4. The molecule has 2 aliphatic rings. The van der Waals surface area contributed by atoms with Crippen molar-refractivity contribution in [1.82, 2.24) is 5.32 Å². The Morgan fingerprint density at radius 3 is 2.95 bits per heavy atom. The molecule has 2 N–H and O–H groups in total. The highest BCUT2D eigenvalue weighted by molar-refractivity contribution is 9.10. The molecule has 0 aliphatic carbocycles. The van der Waals surface area contributed by atoms with Gasteiger partial charge in [-0.05, 0) is 37.0 Å². The number of halogens is 1. The van der Waals surface area contributed by atoms with Gasteiger partial charge in [-0.3, -0.25) is 4.79 Å². The maximum Gasteiger partial charge on any atom is 0.337 e. The zero-order valence-corrected chi connectivity index (χ0v) is 13.1. The summed E-state index contributed by atoms with van der Waals surface area (Å²) >= 11 is 3.32. The number of anilines is 1. The van der Waals surface area contributed by atoms with Crippen LogP contribution >= 0.6 is 15.9 Å². The molecule has 2 saturated heterocycles. The average molecular weight is 353 g/mol. The second-order valence-electron chi connectivity index (χ2n) is 5.67. The summed E-state index contributed by atoms with van der Waals surface area (Å²) in [7, 11) is 0. The first-order chi connectivity index (χ1) is 10.0. The third kappa shape index (κ3) is 2.90. The van der Waals surface area contributed by atoms with Gasteiger partial charge in [0.1, 0.15) is 0 Å². The third-order valence-corrected chi connectivity index (χ3v) is 4.85. The lowest BCUT2D eigenvalue weighted by Gasteiger charge is -2.42. The Morgan fingerprint density at radius 1 is 1.38 bits per heavy atom. The summed E-state index contributed by atoms with van der Waals surface area (Å²) in [5.74, 6) is -0.369. The number of nitrogens with zero attached hydrogens (tertiary/aromatic N) is 1. The Morgan fingerprint density at radius 2 is 2.19 bits per heavy atom. The van der Waals surface area contributed by atoms with Gasteiger partial charge in [0.25, 0.3) is 0 Å². The number of carbonyl (C=O) groups excluding carboxylic acids is 1. The second kappa shape index (κ2) is 5.67. The first-order valence-electron chi connectivity index (χ1n) is 7.12. The van der Waals surface area contributed by atoms with Gasteiger partial charge < -0.3 is 15.3 Å². The average Bonchev–Trinajstić information content (AvgIpc) is 2.46. The molecule has 2 heterocycles. The van der Waals surface area contributed by atoms with Gasteiger partial charge in [-0.1, -0.05) is 15.9 Å². The number of amides is 1. The number of aromatic carboxylic acids is 1. The third-order valence-electron chi connectivity index (χ3n) is 4.35. The molecule has 2 unspecified atom stereocenters. The molecule has 21 heavy (non-hydrogen) atoms. The Bertz CT molecular complexity index is 590. The summed E-state index contributed by atoms with van der Waals surface area (Å²) in [5.41, 5.74) is 1.09. The summed E-state index contributed by atoms with van der Waals surface area (Å²) in [5, 5.41) is 12.4. The maximum absolute atomic E-state index is 11.4. The lowest BCUT2D eigenvalue weighted by molar-refractivity contribution is -0.124. The molecule has 6 heteroatoms. The van der Waals surface area contributed by atoms with Crippen LogP contribution in [-0.2, 0) is 4.79 Å². The molecule has 1 aromatic carbocycles. The molecule has 2 fully saturated rings. The van der Waals surface area contributed by atoms with Crippen molar-refractivity contribution < 1.29 is 14.7 Å². The SMILES string of the molecule is O=C1CCC2CN(c3ccc(Br)cc3C(=O)O)CCC2N1. The quantitative estimate of drug-likeness (QED) is 0.856. The summed E-state index contributed by atoms with van der Waals surface area (Å²) in [4.78, 5) is 25.0. The minimum atomic E-state index is -0.912. The van der Waals surface area contributed by atoms with E-state index in [1.165, 1.54) is 0 Å². The largest absolute Gasteiger partial charge is 0.478 e. The lowest BCUT2D eigenvalue weighted by atomic mass is 9.85. The molecule has 0 saturated carbocycles. The van der Waals surface area contributed by atoms with Gasteiger partial charge in [-0.15, -0.1) is 0 Å². The van der Waals surface area contributed by atoms with E-state index in [0.29, 0.717) is 17.9 Å². The van der Waals surface area contributed by atoms with Crippen molar-refractivity contribution in [3.8, 4) is 0 Å². The van der Waals surface area contributed by atoms with Gasteiger partial charge in [0.2, 0.25) is 5.91 Å². The standard InChI is InChI=1S/C15H17BrN2O3/c16-10-2-3-13(11(7-10)15(20)21)18-6-5-12-9(8-18)1-4-14(19)17-12/h2-3,7,9,12H,1,4-6,8H2,(H,17,19)(H,20,21). The van der Waals surface area contributed by atoms with Gasteiger partial charge in [-0.2, -0.15) is 0 Å². The van der Waals surface area contributed by atoms with Crippen LogP contribution in [0.1, 0.15) is 29.6 Å². The van der Waals surface area contributed by atoms with E-state index < -0.39 is 5.97 Å². The predicted octanol–water partition coefficient (Wildman–Crippen LogP) is 2.25. The number of benzene rings is 1. The van der Waals surface area contributed by atoms with Crippen LogP contribution in [0.4, 0.5) is 5.69 Å². The highest BCUT2D eigenvalue weighted by Crippen LogP contribution is 2.31. The lowest BCUT2D eigenvalue weighted by Crippen LogP contribution is -2.54. The molecule has 0 bridgehead atoms. The van der Waals surface area contributed by atoms with Gasteiger partial charge in [-0.25, -0.2) is 4.79 Å². The summed E-state index contributed by atoms with van der Waals surface area (Å²) in [6, 6.07) is 5.62. The van der Waals surface area contributed by atoms with E-state index in [4.69, 9.17) is 0 Å². The van der Waals surface area contributed by atoms with Crippen molar-refractivity contribution in [2.45, 2.75) is 25.3 Å². The van der Waals surface area contributed by atoms with E-state index in [1.807, 2.05) is 12.1 Å². The van der Waals surface area contributed by atoms with E-state index in [1.54, 1.807) is 6.07 Å². The first kappa shape index (κ1) is 14.4. The molecule has 2 aliphatic heterocycles. The van der Waals surface area contributed by atoms with Gasteiger partial charge >= 0.3 is 5.97 Å². The summed E-state index contributed by atoms with van der Waals surface area (Å²) < 4.78 is 0.767. The van der Waals surface area contributed by atoms with Crippen LogP contribution in [0.5, 0.6) is 0 Å². The molecule has 2 atom stereocenters. The van der Waals surface area contributed by atoms with E-state index in [0.717, 1.165) is 36.1 Å². The Labute approximate surface area is 131 Å². The monoisotopic (exact) mass is 352 g/mol. The molecule has 1 amide bonds. The number of fused-ring (bicyclic) bond motifs is 1. The van der Waals surface area contributed by atoms with Crippen LogP contribution in [0, 0.1) is 5.92 Å². The predicted molar refractivity (Wildman–Crippen MR) is 82.6 cm³/mol. The zero-order chi connectivity index (χ0) is 15.0. The zero-order valence-electron chi connectivity index (χ0n) is 11.5. The highest BCUT2D eigenvalue weighted by Gasteiger charge is 2.34. The van der Waals surface area contributed by atoms with Crippen LogP contribution in [0.3, 0.4) is 0 Å². The van der Waals surface area contributed by atoms with Gasteiger partial charge in [0.15, 0.2) is 0 Å².